The van der Waals surface area contributed by atoms with Gasteiger partial charge in [-0.3, -0.25) is 4.79 Å². The largest absolute Gasteiger partial charge is 0.461 e. The van der Waals surface area contributed by atoms with Crippen LogP contribution in [0.1, 0.15) is 20.8 Å². The van der Waals surface area contributed by atoms with Crippen LogP contribution in [0.3, 0.4) is 0 Å². The molecule has 0 spiro atoms. The number of amides is 1. The van der Waals surface area contributed by atoms with Gasteiger partial charge in [-0.1, -0.05) is 13.8 Å². The summed E-state index contributed by atoms with van der Waals surface area (Å²) in [7, 11) is 0. The van der Waals surface area contributed by atoms with Crippen molar-refractivity contribution in [3.63, 3.8) is 0 Å². The van der Waals surface area contributed by atoms with E-state index in [2.05, 4.69) is 4.74 Å². The zero-order valence-electron chi connectivity index (χ0n) is 9.19. The van der Waals surface area contributed by atoms with Gasteiger partial charge in [0.15, 0.2) is 5.54 Å². The third-order valence-electron chi connectivity index (χ3n) is 2.11. The van der Waals surface area contributed by atoms with Crippen LogP contribution in [0, 0.1) is 5.92 Å². The van der Waals surface area contributed by atoms with Crippen LogP contribution in [0.4, 0.5) is 0 Å². The van der Waals surface area contributed by atoms with Crippen LogP contribution >= 0.6 is 0 Å². The molecule has 6 nitrogen and oxygen atoms in total. The molecule has 0 aliphatic carbocycles. The Bertz CT molecular complexity index is 252. The van der Waals surface area contributed by atoms with Crippen LogP contribution in [0.2, 0.25) is 0 Å². The number of esters is 1. The maximum absolute atomic E-state index is 11.5. The van der Waals surface area contributed by atoms with Gasteiger partial charge in [0.1, 0.15) is 6.61 Å². The molecule has 0 aromatic carbocycles. The van der Waals surface area contributed by atoms with Crippen molar-refractivity contribution >= 4 is 11.9 Å². The molecule has 0 heterocycles. The highest BCUT2D eigenvalue weighted by molar-refractivity contribution is 6.06. The second-order valence-corrected chi connectivity index (χ2v) is 3.84. The molecule has 6 heteroatoms. The number of aliphatic hydroxyl groups excluding tert-OH is 1. The Labute approximate surface area is 88.6 Å². The Morgan fingerprint density at radius 2 is 1.87 bits per heavy atom. The SMILES string of the molecule is CC(O)COC(=O)[C@@](N)(C(N)=O)C(C)C. The fourth-order valence-electron chi connectivity index (χ4n) is 0.937. The average Bonchev–Trinajstić information content (AvgIpc) is 2.11. The van der Waals surface area contributed by atoms with Crippen molar-refractivity contribution in [3.8, 4) is 0 Å². The molecule has 0 radical (unpaired) electrons. The van der Waals surface area contributed by atoms with Crippen LogP contribution in [0.5, 0.6) is 0 Å². The number of aliphatic hydroxyl groups is 1. The minimum absolute atomic E-state index is 0.211. The van der Waals surface area contributed by atoms with E-state index < -0.39 is 29.4 Å². The Morgan fingerprint density at radius 1 is 1.40 bits per heavy atom. The van der Waals surface area contributed by atoms with Crippen molar-refractivity contribution in [1.29, 1.82) is 0 Å². The summed E-state index contributed by atoms with van der Waals surface area (Å²) in [6.45, 7) is 4.42. The molecule has 15 heavy (non-hydrogen) atoms. The number of rotatable bonds is 5. The first-order valence-electron chi connectivity index (χ1n) is 4.67. The van der Waals surface area contributed by atoms with Gasteiger partial charge in [0.05, 0.1) is 6.10 Å². The highest BCUT2D eigenvalue weighted by atomic mass is 16.5. The van der Waals surface area contributed by atoms with E-state index in [9.17, 15) is 9.59 Å². The summed E-state index contributed by atoms with van der Waals surface area (Å²) in [6, 6.07) is 0. The summed E-state index contributed by atoms with van der Waals surface area (Å²) in [5, 5.41) is 8.91. The highest BCUT2D eigenvalue weighted by Crippen LogP contribution is 2.15. The molecule has 88 valence electrons. The van der Waals surface area contributed by atoms with Gasteiger partial charge >= 0.3 is 5.97 Å². The standard InChI is InChI=1S/C9H18N2O4/c1-5(2)9(11,7(10)13)8(14)15-4-6(3)12/h5-6,12H,4,11H2,1-3H3,(H2,10,13)/t6?,9-/m0/s1. The summed E-state index contributed by atoms with van der Waals surface area (Å²) in [5.74, 6) is -2.32. The molecule has 5 N–H and O–H groups in total. The lowest BCUT2D eigenvalue weighted by atomic mass is 9.87. The van der Waals surface area contributed by atoms with Gasteiger partial charge in [-0.2, -0.15) is 0 Å². The van der Waals surface area contributed by atoms with E-state index in [1.807, 2.05) is 0 Å². The van der Waals surface area contributed by atoms with E-state index in [0.29, 0.717) is 0 Å². The molecular weight excluding hydrogens is 200 g/mol. The van der Waals surface area contributed by atoms with Crippen molar-refractivity contribution in [2.45, 2.75) is 32.4 Å². The maximum Gasteiger partial charge on any atom is 0.336 e. The smallest absolute Gasteiger partial charge is 0.336 e. The normalized spacial score (nSPS) is 16.9. The second-order valence-electron chi connectivity index (χ2n) is 3.84. The van der Waals surface area contributed by atoms with Gasteiger partial charge in [-0.25, -0.2) is 4.79 Å². The molecular formula is C9H18N2O4. The number of ether oxygens (including phenoxy) is 1. The van der Waals surface area contributed by atoms with Gasteiger partial charge in [0.25, 0.3) is 0 Å². The predicted octanol–water partition coefficient (Wildman–Crippen LogP) is -1.25. The van der Waals surface area contributed by atoms with Crippen LogP contribution in [-0.2, 0) is 14.3 Å². The van der Waals surface area contributed by atoms with Gasteiger partial charge in [0, 0.05) is 0 Å². The first-order valence-corrected chi connectivity index (χ1v) is 4.67. The lowest BCUT2D eigenvalue weighted by Crippen LogP contribution is -2.62. The van der Waals surface area contributed by atoms with Crippen molar-refractivity contribution in [1.82, 2.24) is 0 Å². The Kier molecular flexibility index (Phi) is 4.70. The molecule has 2 atom stereocenters. The van der Waals surface area contributed by atoms with Gasteiger partial charge in [0.2, 0.25) is 5.91 Å². The molecule has 0 bridgehead atoms. The van der Waals surface area contributed by atoms with Crippen LogP contribution in [0.15, 0.2) is 0 Å². The van der Waals surface area contributed by atoms with E-state index in [-0.39, 0.29) is 6.61 Å². The second kappa shape index (κ2) is 5.09. The van der Waals surface area contributed by atoms with E-state index >= 15 is 0 Å². The molecule has 0 saturated heterocycles. The number of carbonyl (C=O) groups excluding carboxylic acids is 2. The number of primary amides is 1. The quantitative estimate of drug-likeness (QED) is 0.394. The van der Waals surface area contributed by atoms with Gasteiger partial charge < -0.3 is 21.3 Å². The maximum atomic E-state index is 11.5. The molecule has 1 unspecified atom stereocenters. The minimum atomic E-state index is -1.84. The van der Waals surface area contributed by atoms with Crippen molar-refractivity contribution < 1.29 is 19.4 Å². The van der Waals surface area contributed by atoms with E-state index in [1.165, 1.54) is 6.92 Å². The molecule has 0 aliphatic rings. The van der Waals surface area contributed by atoms with Crippen LogP contribution in [-0.4, -0.2) is 35.2 Å². The lowest BCUT2D eigenvalue weighted by molar-refractivity contribution is -0.158. The summed E-state index contributed by atoms with van der Waals surface area (Å²) in [4.78, 5) is 22.6. The van der Waals surface area contributed by atoms with Gasteiger partial charge in [-0.15, -0.1) is 0 Å². The van der Waals surface area contributed by atoms with E-state index in [4.69, 9.17) is 16.6 Å². The number of hydrogen-bond acceptors (Lipinski definition) is 5. The zero-order valence-corrected chi connectivity index (χ0v) is 9.19. The van der Waals surface area contributed by atoms with Crippen LogP contribution in [0.25, 0.3) is 0 Å². The molecule has 0 aromatic rings. The topological polar surface area (TPSA) is 116 Å². The number of carbonyl (C=O) groups is 2. The average molecular weight is 218 g/mol. The molecule has 0 saturated carbocycles. The summed E-state index contributed by atoms with van der Waals surface area (Å²) < 4.78 is 4.68. The summed E-state index contributed by atoms with van der Waals surface area (Å²) in [5.41, 5.74) is 8.80. The van der Waals surface area contributed by atoms with Crippen molar-refractivity contribution in [2.24, 2.45) is 17.4 Å². The zero-order chi connectivity index (χ0) is 12.2. The predicted molar refractivity (Wildman–Crippen MR) is 53.6 cm³/mol. The minimum Gasteiger partial charge on any atom is -0.461 e. The molecule has 0 rings (SSSR count). The Morgan fingerprint density at radius 3 is 2.13 bits per heavy atom. The molecule has 0 aromatic heterocycles. The van der Waals surface area contributed by atoms with Gasteiger partial charge in [-0.05, 0) is 12.8 Å². The Hall–Kier alpha value is -1.14. The van der Waals surface area contributed by atoms with Crippen molar-refractivity contribution in [2.75, 3.05) is 6.61 Å². The highest BCUT2D eigenvalue weighted by Gasteiger charge is 2.45. The molecule has 0 fully saturated rings. The van der Waals surface area contributed by atoms with E-state index in [1.54, 1.807) is 13.8 Å². The number of nitrogens with two attached hydrogens (primary N) is 2. The fourth-order valence-corrected chi connectivity index (χ4v) is 0.937. The van der Waals surface area contributed by atoms with Crippen molar-refractivity contribution in [3.05, 3.63) is 0 Å². The van der Waals surface area contributed by atoms with Crippen LogP contribution < -0.4 is 11.5 Å². The number of hydrogen-bond donors (Lipinski definition) is 3. The first kappa shape index (κ1) is 13.9. The van der Waals surface area contributed by atoms with E-state index in [0.717, 1.165) is 0 Å². The molecule has 1 amide bonds. The lowest BCUT2D eigenvalue weighted by Gasteiger charge is -2.27. The monoisotopic (exact) mass is 218 g/mol. The third kappa shape index (κ3) is 3.17. The summed E-state index contributed by atoms with van der Waals surface area (Å²) in [6.07, 6.45) is -0.807. The Balaban J connectivity index is 4.65. The summed E-state index contributed by atoms with van der Waals surface area (Å²) >= 11 is 0. The fraction of sp³-hybridized carbons (Fsp3) is 0.778. The molecule has 0 aliphatic heterocycles. The first-order chi connectivity index (χ1) is 6.72. The third-order valence-corrected chi connectivity index (χ3v) is 2.11.